The molecule has 0 aliphatic heterocycles. The number of nitrogens with zero attached hydrogens (tertiary/aromatic N) is 3. The van der Waals surface area contributed by atoms with Crippen LogP contribution in [0.2, 0.25) is 5.15 Å². The predicted molar refractivity (Wildman–Crippen MR) is 92.4 cm³/mol. The van der Waals surface area contributed by atoms with Gasteiger partial charge in [-0.15, -0.1) is 0 Å². The van der Waals surface area contributed by atoms with Gasteiger partial charge in [-0.3, -0.25) is 0 Å². The number of pyridine rings is 1. The summed E-state index contributed by atoms with van der Waals surface area (Å²) >= 11 is 5.93. The first-order valence-corrected chi connectivity index (χ1v) is 7.67. The number of aromatic nitrogens is 3. The van der Waals surface area contributed by atoms with Crippen LogP contribution in [0.4, 0.5) is 16.0 Å². The van der Waals surface area contributed by atoms with E-state index in [-0.39, 0.29) is 11.8 Å². The van der Waals surface area contributed by atoms with Crippen molar-refractivity contribution in [3.8, 4) is 17.0 Å². The summed E-state index contributed by atoms with van der Waals surface area (Å²) in [6.07, 6.45) is 1.37. The lowest BCUT2D eigenvalue weighted by Crippen LogP contribution is -1.99. The molecule has 0 aliphatic rings. The number of halogens is 2. The number of benzene rings is 1. The van der Waals surface area contributed by atoms with Gasteiger partial charge < -0.3 is 15.2 Å². The molecular formula is C17H14ClFN4O2. The van der Waals surface area contributed by atoms with Gasteiger partial charge in [-0.05, 0) is 29.8 Å². The maximum atomic E-state index is 13.4. The second-order valence-electron chi connectivity index (χ2n) is 5.10. The van der Waals surface area contributed by atoms with E-state index in [2.05, 4.69) is 20.3 Å². The Hall–Kier alpha value is -2.77. The molecule has 128 valence electrons. The van der Waals surface area contributed by atoms with Crippen molar-refractivity contribution < 1.29 is 14.2 Å². The zero-order valence-electron chi connectivity index (χ0n) is 13.2. The average Bonchev–Trinajstić information content (AvgIpc) is 2.61. The van der Waals surface area contributed by atoms with Crippen LogP contribution >= 0.6 is 11.6 Å². The van der Waals surface area contributed by atoms with Crippen LogP contribution in [0.15, 0.2) is 42.7 Å². The molecule has 0 unspecified atom stereocenters. The summed E-state index contributed by atoms with van der Waals surface area (Å²) in [7, 11) is 1.46. The third-order valence-corrected chi connectivity index (χ3v) is 3.59. The minimum atomic E-state index is -0.396. The summed E-state index contributed by atoms with van der Waals surface area (Å²) in [5, 5.41) is 12.5. The Kier molecular flexibility index (Phi) is 5.06. The van der Waals surface area contributed by atoms with Gasteiger partial charge in [-0.2, -0.15) is 0 Å². The molecular weight excluding hydrogens is 347 g/mol. The molecule has 25 heavy (non-hydrogen) atoms. The highest BCUT2D eigenvalue weighted by Gasteiger charge is 2.10. The van der Waals surface area contributed by atoms with Crippen LogP contribution in [0.1, 0.15) is 5.56 Å². The first kappa shape index (κ1) is 17.1. The number of nitrogens with one attached hydrogen (secondary N) is 1. The van der Waals surface area contributed by atoms with Crippen LogP contribution in [0.5, 0.6) is 5.75 Å². The van der Waals surface area contributed by atoms with Gasteiger partial charge in [0, 0.05) is 17.7 Å². The van der Waals surface area contributed by atoms with Crippen LogP contribution in [-0.4, -0.2) is 27.2 Å². The summed E-state index contributed by atoms with van der Waals surface area (Å²) in [4.78, 5) is 12.5. The van der Waals surface area contributed by atoms with Gasteiger partial charge in [0.1, 0.15) is 34.7 Å². The summed E-state index contributed by atoms with van der Waals surface area (Å²) in [6, 6.07) is 9.11. The van der Waals surface area contributed by atoms with Gasteiger partial charge in [-0.1, -0.05) is 11.6 Å². The van der Waals surface area contributed by atoms with Gasteiger partial charge in [0.25, 0.3) is 0 Å². The number of aliphatic hydroxyl groups excluding tert-OH is 1. The fourth-order valence-electron chi connectivity index (χ4n) is 2.29. The van der Waals surface area contributed by atoms with Crippen molar-refractivity contribution in [2.24, 2.45) is 0 Å². The fourth-order valence-corrected chi connectivity index (χ4v) is 2.52. The van der Waals surface area contributed by atoms with Crippen LogP contribution in [0, 0.1) is 5.82 Å². The number of hydrogen-bond acceptors (Lipinski definition) is 6. The molecule has 2 aromatic heterocycles. The average molecular weight is 361 g/mol. The molecule has 0 amide bonds. The third-order valence-electron chi connectivity index (χ3n) is 3.40. The van der Waals surface area contributed by atoms with E-state index in [4.69, 9.17) is 16.3 Å². The first-order chi connectivity index (χ1) is 12.1. The van der Waals surface area contributed by atoms with Gasteiger partial charge in [0.2, 0.25) is 0 Å². The van der Waals surface area contributed by atoms with E-state index in [1.807, 2.05) is 0 Å². The Labute approximate surface area is 148 Å². The van der Waals surface area contributed by atoms with Crippen molar-refractivity contribution in [3.05, 3.63) is 59.3 Å². The van der Waals surface area contributed by atoms with Crippen molar-refractivity contribution in [1.82, 2.24) is 15.0 Å². The van der Waals surface area contributed by atoms with Crippen molar-refractivity contribution in [2.45, 2.75) is 6.61 Å². The molecule has 6 nitrogen and oxygen atoms in total. The molecule has 0 saturated heterocycles. The minimum Gasteiger partial charge on any atom is -0.496 e. The Bertz CT molecular complexity index is 908. The Balaban J connectivity index is 1.94. The maximum absolute atomic E-state index is 13.4. The Morgan fingerprint density at radius 2 is 2.00 bits per heavy atom. The normalized spacial score (nSPS) is 10.6. The Morgan fingerprint density at radius 1 is 1.16 bits per heavy atom. The number of ether oxygens (including phenoxy) is 1. The number of aliphatic hydroxyl groups is 1. The van der Waals surface area contributed by atoms with Gasteiger partial charge >= 0.3 is 0 Å². The second-order valence-corrected chi connectivity index (χ2v) is 5.49. The summed E-state index contributed by atoms with van der Waals surface area (Å²) in [5.41, 5.74) is 1.81. The third kappa shape index (κ3) is 4.01. The lowest BCUT2D eigenvalue weighted by molar-refractivity contribution is 0.282. The number of rotatable bonds is 5. The molecule has 1 aromatic carbocycles. The minimum absolute atomic E-state index is 0.154. The number of methoxy groups -OCH3 is 1. The number of hydrogen-bond donors (Lipinski definition) is 2. The molecule has 2 N–H and O–H groups in total. The molecule has 2 heterocycles. The molecule has 0 aliphatic carbocycles. The van der Waals surface area contributed by atoms with E-state index in [9.17, 15) is 9.50 Å². The highest BCUT2D eigenvalue weighted by Crippen LogP contribution is 2.30. The second kappa shape index (κ2) is 7.42. The van der Waals surface area contributed by atoms with Crippen molar-refractivity contribution in [1.29, 1.82) is 0 Å². The zero-order chi connectivity index (χ0) is 17.8. The fraction of sp³-hybridized carbons (Fsp3) is 0.118. The summed E-state index contributed by atoms with van der Waals surface area (Å²) in [5.74, 6) is 0.878. The number of anilines is 2. The molecule has 0 fully saturated rings. The molecule has 0 atom stereocenters. The largest absolute Gasteiger partial charge is 0.496 e. The van der Waals surface area contributed by atoms with Crippen LogP contribution < -0.4 is 10.1 Å². The topological polar surface area (TPSA) is 80.2 Å². The summed E-state index contributed by atoms with van der Waals surface area (Å²) < 4.78 is 18.6. The van der Waals surface area contributed by atoms with Crippen LogP contribution in [-0.2, 0) is 6.61 Å². The quantitative estimate of drug-likeness (QED) is 0.677. The first-order valence-electron chi connectivity index (χ1n) is 7.29. The zero-order valence-corrected chi connectivity index (χ0v) is 14.0. The van der Waals surface area contributed by atoms with E-state index in [0.717, 1.165) is 0 Å². The van der Waals surface area contributed by atoms with Crippen molar-refractivity contribution >= 4 is 23.2 Å². The molecule has 0 saturated carbocycles. The molecule has 0 spiro atoms. The van der Waals surface area contributed by atoms with Crippen molar-refractivity contribution in [2.75, 3.05) is 12.4 Å². The molecule has 8 heteroatoms. The summed E-state index contributed by atoms with van der Waals surface area (Å²) in [6.45, 7) is -0.154. The highest BCUT2D eigenvalue weighted by atomic mass is 35.5. The predicted octanol–water partition coefficient (Wildman–Crippen LogP) is 3.58. The van der Waals surface area contributed by atoms with Crippen LogP contribution in [0.3, 0.4) is 0 Å². The smallest absolute Gasteiger partial charge is 0.135 e. The van der Waals surface area contributed by atoms with E-state index in [1.54, 1.807) is 24.3 Å². The van der Waals surface area contributed by atoms with Crippen molar-refractivity contribution in [3.63, 3.8) is 0 Å². The lowest BCUT2D eigenvalue weighted by Gasteiger charge is -2.10. The van der Waals surface area contributed by atoms with E-state index in [1.165, 1.54) is 25.6 Å². The van der Waals surface area contributed by atoms with Gasteiger partial charge in [0.15, 0.2) is 0 Å². The van der Waals surface area contributed by atoms with E-state index in [0.29, 0.717) is 34.2 Å². The molecule has 3 rings (SSSR count). The standard InChI is InChI=1S/C17H14ClFN4O2/c1-25-14-6-11(19)2-3-12(14)13-7-16(21-9-20-13)23-17-5-10(8-24)4-15(18)22-17/h2-7,9,24H,8H2,1H3,(H,20,21,22,23). The van der Waals surface area contributed by atoms with Gasteiger partial charge in [0.05, 0.1) is 19.4 Å². The maximum Gasteiger partial charge on any atom is 0.135 e. The van der Waals surface area contributed by atoms with Gasteiger partial charge in [-0.25, -0.2) is 19.3 Å². The van der Waals surface area contributed by atoms with E-state index >= 15 is 0 Å². The molecule has 3 aromatic rings. The molecule has 0 bridgehead atoms. The lowest BCUT2D eigenvalue weighted by atomic mass is 10.1. The monoisotopic (exact) mass is 360 g/mol. The SMILES string of the molecule is COc1cc(F)ccc1-c1cc(Nc2cc(CO)cc(Cl)n2)ncn1. The Morgan fingerprint density at radius 3 is 2.76 bits per heavy atom. The molecule has 0 radical (unpaired) electrons. The van der Waals surface area contributed by atoms with E-state index < -0.39 is 5.82 Å². The van der Waals surface area contributed by atoms with Crippen LogP contribution in [0.25, 0.3) is 11.3 Å². The highest BCUT2D eigenvalue weighted by molar-refractivity contribution is 6.29.